The molecule has 0 N–H and O–H groups in total. The van der Waals surface area contributed by atoms with Gasteiger partial charge in [0.15, 0.2) is 0 Å². The van der Waals surface area contributed by atoms with Crippen molar-refractivity contribution in [1.29, 1.82) is 0 Å². The standard InChI is InChI=1S/C22H20BrClN2O3/c1-3-26-22(17(23)13-25-26)19(27)10-8-15-9-11-20(28-2)16(12-15)14-29-21-7-5-4-6-18(21)24/h4-13H,3,14H2,1-2H3/b10-8+. The van der Waals surface area contributed by atoms with E-state index < -0.39 is 0 Å². The second kappa shape index (κ2) is 9.76. The monoisotopic (exact) mass is 474 g/mol. The molecule has 0 spiro atoms. The third kappa shape index (κ3) is 5.08. The first-order valence-electron chi connectivity index (χ1n) is 9.01. The Hall–Kier alpha value is -2.57. The van der Waals surface area contributed by atoms with Crippen molar-refractivity contribution in [1.82, 2.24) is 9.78 Å². The van der Waals surface area contributed by atoms with E-state index in [1.165, 1.54) is 6.08 Å². The lowest BCUT2D eigenvalue weighted by molar-refractivity contribution is 0.103. The predicted molar refractivity (Wildman–Crippen MR) is 118 cm³/mol. The minimum absolute atomic E-state index is 0.124. The molecule has 150 valence electrons. The van der Waals surface area contributed by atoms with Gasteiger partial charge in [-0.25, -0.2) is 0 Å². The Balaban J connectivity index is 1.79. The number of aryl methyl sites for hydroxylation is 1. The van der Waals surface area contributed by atoms with Crippen LogP contribution in [0.15, 0.2) is 59.2 Å². The van der Waals surface area contributed by atoms with Gasteiger partial charge < -0.3 is 9.47 Å². The van der Waals surface area contributed by atoms with Crippen LogP contribution in [0.2, 0.25) is 5.02 Å². The molecule has 0 unspecified atom stereocenters. The second-order valence-electron chi connectivity index (χ2n) is 6.14. The predicted octanol–water partition coefficient (Wildman–Crippen LogP) is 5.80. The number of rotatable bonds is 8. The molecule has 0 aliphatic carbocycles. The number of carbonyl (C=O) groups is 1. The SMILES string of the molecule is CCn1ncc(Br)c1C(=O)/C=C/c1ccc(OC)c(COc2ccccc2Cl)c1. The van der Waals surface area contributed by atoms with Crippen molar-refractivity contribution >= 4 is 39.4 Å². The number of ketones is 1. The first kappa shape index (κ1) is 21.1. The van der Waals surface area contributed by atoms with Crippen LogP contribution in [0.1, 0.15) is 28.5 Å². The molecule has 0 saturated carbocycles. The first-order valence-corrected chi connectivity index (χ1v) is 10.2. The van der Waals surface area contributed by atoms with Crippen LogP contribution in [0, 0.1) is 0 Å². The summed E-state index contributed by atoms with van der Waals surface area (Å²) in [5.74, 6) is 1.18. The molecule has 0 radical (unpaired) electrons. The summed E-state index contributed by atoms with van der Waals surface area (Å²) in [7, 11) is 1.61. The number of nitrogens with zero attached hydrogens (tertiary/aromatic N) is 2. The summed E-state index contributed by atoms with van der Waals surface area (Å²) in [6.45, 7) is 2.85. The summed E-state index contributed by atoms with van der Waals surface area (Å²) in [4.78, 5) is 12.6. The van der Waals surface area contributed by atoms with Crippen molar-refractivity contribution < 1.29 is 14.3 Å². The first-order chi connectivity index (χ1) is 14.0. The zero-order chi connectivity index (χ0) is 20.8. The summed E-state index contributed by atoms with van der Waals surface area (Å²) in [5.41, 5.74) is 2.23. The van der Waals surface area contributed by atoms with Crippen LogP contribution in [0.3, 0.4) is 0 Å². The number of halogens is 2. The van der Waals surface area contributed by atoms with E-state index in [1.807, 2.05) is 43.3 Å². The lowest BCUT2D eigenvalue weighted by Gasteiger charge is -2.12. The van der Waals surface area contributed by atoms with Gasteiger partial charge in [0.05, 0.1) is 22.8 Å². The Labute approximate surface area is 183 Å². The van der Waals surface area contributed by atoms with Crippen molar-refractivity contribution in [2.75, 3.05) is 7.11 Å². The molecule has 5 nitrogen and oxygen atoms in total. The Bertz CT molecular complexity index is 1050. The van der Waals surface area contributed by atoms with Gasteiger partial charge in [0.25, 0.3) is 0 Å². The summed E-state index contributed by atoms with van der Waals surface area (Å²) in [5, 5.41) is 4.73. The van der Waals surface area contributed by atoms with Crippen molar-refractivity contribution in [2.45, 2.75) is 20.1 Å². The average molecular weight is 476 g/mol. The van der Waals surface area contributed by atoms with Gasteiger partial charge in [0.2, 0.25) is 5.78 Å². The normalized spacial score (nSPS) is 11.0. The van der Waals surface area contributed by atoms with Crippen LogP contribution in [0.4, 0.5) is 0 Å². The van der Waals surface area contributed by atoms with Crippen molar-refractivity contribution in [3.05, 3.63) is 81.1 Å². The molecule has 1 heterocycles. The van der Waals surface area contributed by atoms with Crippen molar-refractivity contribution in [3.63, 3.8) is 0 Å². The number of allylic oxidation sites excluding steroid dienone is 1. The third-order valence-corrected chi connectivity index (χ3v) is 5.17. The van der Waals surface area contributed by atoms with Gasteiger partial charge >= 0.3 is 0 Å². The van der Waals surface area contributed by atoms with E-state index in [4.69, 9.17) is 21.1 Å². The number of ether oxygens (including phenoxy) is 2. The number of para-hydroxylation sites is 1. The van der Waals surface area contributed by atoms with E-state index >= 15 is 0 Å². The maximum atomic E-state index is 12.6. The molecule has 0 amide bonds. The molecule has 3 rings (SSSR count). The number of methoxy groups -OCH3 is 1. The van der Waals surface area contributed by atoms with Gasteiger partial charge in [-0.1, -0.05) is 35.9 Å². The molecular weight excluding hydrogens is 456 g/mol. The molecule has 0 saturated heterocycles. The number of benzene rings is 2. The maximum Gasteiger partial charge on any atom is 0.205 e. The summed E-state index contributed by atoms with van der Waals surface area (Å²) >= 11 is 9.53. The lowest BCUT2D eigenvalue weighted by Crippen LogP contribution is -2.07. The molecular formula is C22H20BrClN2O3. The van der Waals surface area contributed by atoms with Gasteiger partial charge in [-0.3, -0.25) is 9.48 Å². The molecule has 29 heavy (non-hydrogen) atoms. The highest BCUT2D eigenvalue weighted by atomic mass is 79.9. The van der Waals surface area contributed by atoms with Crippen LogP contribution >= 0.6 is 27.5 Å². The van der Waals surface area contributed by atoms with E-state index in [-0.39, 0.29) is 12.4 Å². The van der Waals surface area contributed by atoms with Crippen LogP contribution in [0.25, 0.3) is 6.08 Å². The van der Waals surface area contributed by atoms with E-state index in [0.717, 1.165) is 11.1 Å². The van der Waals surface area contributed by atoms with Gasteiger partial charge in [-0.05, 0) is 58.8 Å². The quantitative estimate of drug-likeness (QED) is 0.305. The lowest BCUT2D eigenvalue weighted by atomic mass is 10.1. The Morgan fingerprint density at radius 3 is 2.76 bits per heavy atom. The number of aromatic nitrogens is 2. The van der Waals surface area contributed by atoms with E-state index in [1.54, 1.807) is 30.1 Å². The number of carbonyl (C=O) groups excluding carboxylic acids is 1. The Kier molecular flexibility index (Phi) is 7.12. The molecule has 0 bridgehead atoms. The van der Waals surface area contributed by atoms with Crippen LogP contribution in [-0.2, 0) is 13.2 Å². The highest BCUT2D eigenvalue weighted by Crippen LogP contribution is 2.27. The number of hydrogen-bond acceptors (Lipinski definition) is 4. The highest BCUT2D eigenvalue weighted by molar-refractivity contribution is 9.10. The Morgan fingerprint density at radius 1 is 1.24 bits per heavy atom. The summed E-state index contributed by atoms with van der Waals surface area (Å²) in [6, 6.07) is 13.0. The topological polar surface area (TPSA) is 53.4 Å². The molecule has 0 aliphatic heterocycles. The third-order valence-electron chi connectivity index (χ3n) is 4.28. The largest absolute Gasteiger partial charge is 0.496 e. The van der Waals surface area contributed by atoms with Gasteiger partial charge in [0.1, 0.15) is 23.8 Å². The minimum Gasteiger partial charge on any atom is -0.496 e. The summed E-state index contributed by atoms with van der Waals surface area (Å²) in [6.07, 6.45) is 4.93. The van der Waals surface area contributed by atoms with E-state index in [0.29, 0.717) is 33.2 Å². The molecule has 0 aliphatic rings. The van der Waals surface area contributed by atoms with Crippen molar-refractivity contribution in [2.24, 2.45) is 0 Å². The Morgan fingerprint density at radius 2 is 2.03 bits per heavy atom. The van der Waals surface area contributed by atoms with Crippen molar-refractivity contribution in [3.8, 4) is 11.5 Å². The molecule has 2 aromatic carbocycles. The molecule has 0 fully saturated rings. The van der Waals surface area contributed by atoms with Gasteiger partial charge in [-0.15, -0.1) is 0 Å². The highest BCUT2D eigenvalue weighted by Gasteiger charge is 2.14. The van der Waals surface area contributed by atoms with Crippen LogP contribution in [-0.4, -0.2) is 22.7 Å². The molecule has 1 aromatic heterocycles. The second-order valence-corrected chi connectivity index (χ2v) is 7.41. The van der Waals surface area contributed by atoms with Gasteiger partial charge in [-0.2, -0.15) is 5.10 Å². The number of hydrogen-bond donors (Lipinski definition) is 0. The average Bonchev–Trinajstić information content (AvgIpc) is 3.12. The molecule has 7 heteroatoms. The zero-order valence-electron chi connectivity index (χ0n) is 16.1. The van der Waals surface area contributed by atoms with E-state index in [2.05, 4.69) is 21.0 Å². The van der Waals surface area contributed by atoms with Gasteiger partial charge in [0, 0.05) is 12.1 Å². The van der Waals surface area contributed by atoms with Crippen LogP contribution < -0.4 is 9.47 Å². The summed E-state index contributed by atoms with van der Waals surface area (Å²) < 4.78 is 13.6. The smallest absolute Gasteiger partial charge is 0.205 e. The fourth-order valence-corrected chi connectivity index (χ4v) is 3.51. The maximum absolute atomic E-state index is 12.6. The molecule has 3 aromatic rings. The van der Waals surface area contributed by atoms with Crippen LogP contribution in [0.5, 0.6) is 11.5 Å². The van der Waals surface area contributed by atoms with E-state index in [9.17, 15) is 4.79 Å². The minimum atomic E-state index is -0.124. The fourth-order valence-electron chi connectivity index (χ4n) is 2.83. The molecule has 0 atom stereocenters. The zero-order valence-corrected chi connectivity index (χ0v) is 18.4. The fraction of sp³-hybridized carbons (Fsp3) is 0.182.